The third kappa shape index (κ3) is 6.50. The van der Waals surface area contributed by atoms with E-state index in [4.69, 9.17) is 9.47 Å². The zero-order valence-electron chi connectivity index (χ0n) is 21.6. The zero-order valence-corrected chi connectivity index (χ0v) is 21.6. The molecule has 1 N–H and O–H groups in total. The van der Waals surface area contributed by atoms with Gasteiger partial charge in [0.1, 0.15) is 18.2 Å². The summed E-state index contributed by atoms with van der Waals surface area (Å²) >= 11 is 0. The number of ketones is 1. The Morgan fingerprint density at radius 2 is 1.83 bits per heavy atom. The first-order valence-corrected chi connectivity index (χ1v) is 13.0. The van der Waals surface area contributed by atoms with Crippen molar-refractivity contribution >= 4 is 17.7 Å². The Morgan fingerprint density at radius 1 is 1.11 bits per heavy atom. The largest absolute Gasteiger partial charge is 0.459 e. The second-order valence-electron chi connectivity index (χ2n) is 10.7. The average Bonchev–Trinajstić information content (AvgIpc) is 2.87. The van der Waals surface area contributed by atoms with Gasteiger partial charge >= 0.3 is 5.97 Å². The van der Waals surface area contributed by atoms with Crippen molar-refractivity contribution < 1.29 is 29.0 Å². The molecule has 2 fully saturated rings. The maximum Gasteiger partial charge on any atom is 0.329 e. The Hall–Kier alpha value is -2.25. The number of hydrogen-bond donors (Lipinski definition) is 1. The minimum Gasteiger partial charge on any atom is -0.459 e. The first kappa shape index (κ1) is 27.3. The van der Waals surface area contributed by atoms with Gasteiger partial charge in [0.05, 0.1) is 6.10 Å². The molecule has 1 aromatic rings. The molecule has 0 aromatic heterocycles. The smallest absolute Gasteiger partial charge is 0.329 e. The van der Waals surface area contributed by atoms with Crippen LogP contribution in [0.5, 0.6) is 0 Å². The van der Waals surface area contributed by atoms with Gasteiger partial charge in [0.15, 0.2) is 0 Å². The summed E-state index contributed by atoms with van der Waals surface area (Å²) < 4.78 is 11.2. The number of methoxy groups -OCH3 is 1. The van der Waals surface area contributed by atoms with Gasteiger partial charge in [-0.3, -0.25) is 9.59 Å². The SMILES string of the molecule is COC(CC(C)C)[C@@H]1CC[C@@H](C)[C@](O)(C(=O)C(=O)N2CCCC[C@H]2C(=O)OCc2ccccc2)C1. The summed E-state index contributed by atoms with van der Waals surface area (Å²) in [5, 5.41) is 11.6. The van der Waals surface area contributed by atoms with E-state index < -0.39 is 29.3 Å². The fraction of sp³-hybridized carbons (Fsp3) is 0.679. The summed E-state index contributed by atoms with van der Waals surface area (Å²) in [7, 11) is 1.66. The number of hydrogen-bond acceptors (Lipinski definition) is 6. The average molecular weight is 488 g/mol. The second kappa shape index (κ2) is 12.1. The van der Waals surface area contributed by atoms with Gasteiger partial charge in [-0.1, -0.05) is 51.1 Å². The van der Waals surface area contributed by atoms with Crippen LogP contribution in [-0.2, 0) is 30.5 Å². The van der Waals surface area contributed by atoms with Gasteiger partial charge in [0.2, 0.25) is 0 Å². The van der Waals surface area contributed by atoms with Gasteiger partial charge in [-0.05, 0) is 68.3 Å². The van der Waals surface area contributed by atoms with E-state index in [0.717, 1.165) is 24.8 Å². The van der Waals surface area contributed by atoms with Crippen molar-refractivity contribution in [1.29, 1.82) is 0 Å². The van der Waals surface area contributed by atoms with Crippen molar-refractivity contribution in [2.24, 2.45) is 17.8 Å². The van der Waals surface area contributed by atoms with E-state index in [1.165, 1.54) is 4.90 Å². The highest BCUT2D eigenvalue weighted by Crippen LogP contribution is 2.41. The van der Waals surface area contributed by atoms with Crippen LogP contribution in [0, 0.1) is 17.8 Å². The molecule has 194 valence electrons. The lowest BCUT2D eigenvalue weighted by Gasteiger charge is -2.44. The maximum atomic E-state index is 13.5. The van der Waals surface area contributed by atoms with Crippen LogP contribution in [0.2, 0.25) is 0 Å². The van der Waals surface area contributed by atoms with E-state index in [2.05, 4.69) is 13.8 Å². The molecule has 5 atom stereocenters. The van der Waals surface area contributed by atoms with E-state index in [0.29, 0.717) is 31.7 Å². The summed E-state index contributed by atoms with van der Waals surface area (Å²) in [5.41, 5.74) is -0.903. The van der Waals surface area contributed by atoms with Crippen LogP contribution in [0.15, 0.2) is 30.3 Å². The maximum absolute atomic E-state index is 13.5. The number of rotatable bonds is 9. The zero-order chi connectivity index (χ0) is 25.6. The molecule has 2 aliphatic rings. The lowest BCUT2D eigenvalue weighted by Crippen LogP contribution is -2.59. The van der Waals surface area contributed by atoms with Crippen molar-refractivity contribution in [3.63, 3.8) is 0 Å². The molecule has 1 aliphatic carbocycles. The second-order valence-corrected chi connectivity index (χ2v) is 10.7. The number of amides is 1. The molecule has 1 saturated carbocycles. The van der Waals surface area contributed by atoms with Crippen LogP contribution in [0.3, 0.4) is 0 Å². The molecule has 0 spiro atoms. The number of likely N-dealkylation sites (tertiary alicyclic amines) is 1. The molecule has 1 aromatic carbocycles. The van der Waals surface area contributed by atoms with E-state index in [1.807, 2.05) is 37.3 Å². The van der Waals surface area contributed by atoms with Crippen LogP contribution >= 0.6 is 0 Å². The van der Waals surface area contributed by atoms with Crippen molar-refractivity contribution in [1.82, 2.24) is 4.90 Å². The molecule has 7 heteroatoms. The Morgan fingerprint density at radius 3 is 2.49 bits per heavy atom. The van der Waals surface area contributed by atoms with E-state index in [9.17, 15) is 19.5 Å². The Labute approximate surface area is 209 Å². The molecule has 1 amide bonds. The third-order valence-electron chi connectivity index (χ3n) is 7.74. The number of nitrogens with zero attached hydrogens (tertiary/aromatic N) is 1. The predicted octanol–water partition coefficient (Wildman–Crippen LogP) is 3.91. The normalized spacial score (nSPS) is 27.9. The molecule has 1 unspecified atom stereocenters. The van der Waals surface area contributed by atoms with E-state index >= 15 is 0 Å². The van der Waals surface area contributed by atoms with Crippen molar-refractivity contribution in [2.45, 2.75) is 90.1 Å². The topological polar surface area (TPSA) is 93.1 Å². The van der Waals surface area contributed by atoms with E-state index in [-0.39, 0.29) is 31.0 Å². The number of carbonyl (C=O) groups excluding carboxylic acids is 3. The van der Waals surface area contributed by atoms with E-state index in [1.54, 1.807) is 7.11 Å². The number of ether oxygens (including phenoxy) is 2. The number of Topliss-reactive ketones (excluding diaryl/α,β-unsaturated/α-hetero) is 1. The van der Waals surface area contributed by atoms with Crippen LogP contribution in [0.1, 0.15) is 71.3 Å². The molecule has 3 rings (SSSR count). The predicted molar refractivity (Wildman–Crippen MR) is 132 cm³/mol. The van der Waals surface area contributed by atoms with Crippen molar-refractivity contribution in [2.75, 3.05) is 13.7 Å². The molecular weight excluding hydrogens is 446 g/mol. The third-order valence-corrected chi connectivity index (χ3v) is 7.74. The quantitative estimate of drug-likeness (QED) is 0.419. The molecule has 7 nitrogen and oxygen atoms in total. The van der Waals surface area contributed by atoms with Gasteiger partial charge in [0.25, 0.3) is 11.7 Å². The molecule has 1 aliphatic heterocycles. The van der Waals surface area contributed by atoms with Gasteiger partial charge in [-0.2, -0.15) is 0 Å². The van der Waals surface area contributed by atoms with Crippen LogP contribution in [-0.4, -0.2) is 59.1 Å². The fourth-order valence-electron chi connectivity index (χ4n) is 5.55. The first-order chi connectivity index (χ1) is 16.7. The number of aliphatic hydroxyl groups is 1. The number of piperidine rings is 1. The standard InChI is InChI=1S/C28H41NO6/c1-19(2)16-24(34-4)22-14-13-20(3)28(33,17-22)25(30)26(31)29-15-9-8-12-23(29)27(32)35-18-21-10-6-5-7-11-21/h5-7,10-11,19-20,22-24,33H,8-9,12-18H2,1-4H3/t20-,22-,23+,24?,28+/m1/s1. The van der Waals surface area contributed by atoms with Gasteiger partial charge in [-0.15, -0.1) is 0 Å². The molecule has 0 radical (unpaired) electrons. The van der Waals surface area contributed by atoms with Crippen LogP contribution < -0.4 is 0 Å². The summed E-state index contributed by atoms with van der Waals surface area (Å²) in [4.78, 5) is 41.2. The minimum absolute atomic E-state index is 0.00617. The molecule has 1 heterocycles. The lowest BCUT2D eigenvalue weighted by molar-refractivity contribution is -0.170. The van der Waals surface area contributed by atoms with Crippen LogP contribution in [0.25, 0.3) is 0 Å². The monoisotopic (exact) mass is 487 g/mol. The number of carbonyl (C=O) groups is 3. The summed E-state index contributed by atoms with van der Waals surface area (Å²) in [6, 6.07) is 8.54. The summed E-state index contributed by atoms with van der Waals surface area (Å²) in [5.74, 6) is -2.03. The Balaban J connectivity index is 1.72. The molecule has 1 saturated heterocycles. The highest BCUT2D eigenvalue weighted by atomic mass is 16.5. The lowest BCUT2D eigenvalue weighted by atomic mass is 9.67. The number of esters is 1. The number of benzene rings is 1. The minimum atomic E-state index is -1.76. The summed E-state index contributed by atoms with van der Waals surface area (Å²) in [6.45, 7) is 6.48. The molecule has 0 bridgehead atoms. The molecular formula is C28H41NO6. The Kier molecular flexibility index (Phi) is 9.47. The molecule has 35 heavy (non-hydrogen) atoms. The van der Waals surface area contributed by atoms with Crippen molar-refractivity contribution in [3.05, 3.63) is 35.9 Å². The van der Waals surface area contributed by atoms with Crippen molar-refractivity contribution in [3.8, 4) is 0 Å². The first-order valence-electron chi connectivity index (χ1n) is 13.0. The van der Waals surface area contributed by atoms with Gasteiger partial charge in [-0.25, -0.2) is 4.79 Å². The highest BCUT2D eigenvalue weighted by molar-refractivity contribution is 6.39. The van der Waals surface area contributed by atoms with Gasteiger partial charge < -0.3 is 19.5 Å². The van der Waals surface area contributed by atoms with Gasteiger partial charge in [0, 0.05) is 13.7 Å². The fourth-order valence-corrected chi connectivity index (χ4v) is 5.55. The highest BCUT2D eigenvalue weighted by Gasteiger charge is 2.52. The Bertz CT molecular complexity index is 871. The summed E-state index contributed by atoms with van der Waals surface area (Å²) in [6.07, 6.45) is 4.36. The van der Waals surface area contributed by atoms with Crippen LogP contribution in [0.4, 0.5) is 0 Å².